The van der Waals surface area contributed by atoms with Gasteiger partial charge in [-0.1, -0.05) is 11.6 Å². The second-order valence-electron chi connectivity index (χ2n) is 7.24. The molecule has 0 aromatic carbocycles. The van der Waals surface area contributed by atoms with Crippen LogP contribution in [0.1, 0.15) is 26.5 Å². The van der Waals surface area contributed by atoms with Crippen LogP contribution in [0.3, 0.4) is 0 Å². The molecular weight excluding hydrogens is 402 g/mol. The molecule has 0 aliphatic carbocycles. The molecule has 0 saturated carbocycles. The Bertz CT molecular complexity index is 770. The summed E-state index contributed by atoms with van der Waals surface area (Å²) in [4.78, 5) is 6.48. The van der Waals surface area contributed by atoms with Gasteiger partial charge in [0.2, 0.25) is 10.0 Å². The fourth-order valence-corrected chi connectivity index (χ4v) is 4.99. The van der Waals surface area contributed by atoms with Crippen LogP contribution in [0.4, 0.5) is 0 Å². The number of aromatic nitrogens is 1. The molecular formula is C18H32ClN5O3S. The van der Waals surface area contributed by atoms with Crippen LogP contribution in [0.2, 0.25) is 5.02 Å². The number of guanidine groups is 1. The number of sulfonamides is 1. The Labute approximate surface area is 173 Å². The number of ether oxygens (including phenoxy) is 1. The lowest BCUT2D eigenvalue weighted by Crippen LogP contribution is -2.49. The number of aryl methyl sites for hydroxylation is 1. The minimum absolute atomic E-state index is 0.0227. The van der Waals surface area contributed by atoms with Gasteiger partial charge in [0.25, 0.3) is 0 Å². The van der Waals surface area contributed by atoms with Gasteiger partial charge in [-0.25, -0.2) is 8.42 Å². The van der Waals surface area contributed by atoms with Crippen molar-refractivity contribution in [3.8, 4) is 0 Å². The van der Waals surface area contributed by atoms with E-state index in [1.807, 2.05) is 56.6 Å². The van der Waals surface area contributed by atoms with E-state index in [-0.39, 0.29) is 24.5 Å². The minimum atomic E-state index is -3.37. The van der Waals surface area contributed by atoms with E-state index in [1.54, 1.807) is 0 Å². The summed E-state index contributed by atoms with van der Waals surface area (Å²) in [6.45, 7) is 8.06. The number of halogens is 1. The highest BCUT2D eigenvalue weighted by atomic mass is 35.5. The number of aliphatic imine (C=N–C) groups is 1. The lowest BCUT2D eigenvalue weighted by atomic mass is 10.3. The van der Waals surface area contributed by atoms with Crippen LogP contribution >= 0.6 is 11.6 Å². The summed E-state index contributed by atoms with van der Waals surface area (Å²) in [5.74, 6) is 0.643. The molecule has 1 aliphatic rings. The van der Waals surface area contributed by atoms with Crippen molar-refractivity contribution in [3.05, 3.63) is 23.0 Å². The van der Waals surface area contributed by atoms with Gasteiger partial charge in [0.15, 0.2) is 5.96 Å². The maximum Gasteiger partial charge on any atom is 0.216 e. The monoisotopic (exact) mass is 433 g/mol. The van der Waals surface area contributed by atoms with Crippen molar-refractivity contribution in [1.29, 1.82) is 0 Å². The Morgan fingerprint density at radius 2 is 2.04 bits per heavy atom. The molecule has 2 rings (SSSR count). The third-order valence-electron chi connectivity index (χ3n) is 4.56. The average molecular weight is 434 g/mol. The van der Waals surface area contributed by atoms with Gasteiger partial charge >= 0.3 is 0 Å². The topological polar surface area (TPSA) is 79.2 Å². The second kappa shape index (κ2) is 9.96. The number of nitrogens with one attached hydrogen (secondary N) is 1. The van der Waals surface area contributed by atoms with Gasteiger partial charge in [0, 0.05) is 45.6 Å². The third-order valence-corrected chi connectivity index (χ3v) is 6.55. The predicted molar refractivity (Wildman–Crippen MR) is 113 cm³/mol. The maximum absolute atomic E-state index is 12.7. The molecule has 28 heavy (non-hydrogen) atoms. The van der Waals surface area contributed by atoms with E-state index >= 15 is 0 Å². The molecule has 0 bridgehead atoms. The number of rotatable bonds is 7. The van der Waals surface area contributed by atoms with Crippen LogP contribution in [-0.2, 0) is 28.4 Å². The van der Waals surface area contributed by atoms with Crippen molar-refractivity contribution < 1.29 is 13.2 Å². The summed E-state index contributed by atoms with van der Waals surface area (Å²) >= 11 is 6.05. The van der Waals surface area contributed by atoms with Crippen LogP contribution in [0, 0.1) is 0 Å². The summed E-state index contributed by atoms with van der Waals surface area (Å²) < 4.78 is 34.5. The lowest BCUT2D eigenvalue weighted by Gasteiger charge is -2.34. The van der Waals surface area contributed by atoms with Gasteiger partial charge in [-0.2, -0.15) is 4.31 Å². The first-order chi connectivity index (χ1) is 13.1. The van der Waals surface area contributed by atoms with Gasteiger partial charge in [-0.05, 0) is 26.8 Å². The second-order valence-corrected chi connectivity index (χ2v) is 9.77. The standard InChI is InChI=1S/C18H32ClN5O3S/c1-6-20-18(23(5)13-17-9-16(19)12-22(17)4)21-7-8-28(25,26)24-10-14(2)27-15(3)11-24/h9,12,14-15H,6-8,10-11,13H2,1-5H3,(H,20,21). The predicted octanol–water partition coefficient (Wildman–Crippen LogP) is 1.51. The van der Waals surface area contributed by atoms with Gasteiger partial charge in [-0.3, -0.25) is 4.99 Å². The molecule has 1 aromatic rings. The quantitative estimate of drug-likeness (QED) is 0.521. The Kier molecular flexibility index (Phi) is 8.18. The highest BCUT2D eigenvalue weighted by Gasteiger charge is 2.30. The van der Waals surface area contributed by atoms with Gasteiger partial charge < -0.3 is 19.5 Å². The number of hydrogen-bond acceptors (Lipinski definition) is 4. The third kappa shape index (κ3) is 6.37. The van der Waals surface area contributed by atoms with Crippen LogP contribution in [0.15, 0.2) is 17.3 Å². The van der Waals surface area contributed by atoms with Crippen molar-refractivity contribution in [3.63, 3.8) is 0 Å². The molecule has 1 saturated heterocycles. The first-order valence-electron chi connectivity index (χ1n) is 9.55. The first-order valence-corrected chi connectivity index (χ1v) is 11.5. The lowest BCUT2D eigenvalue weighted by molar-refractivity contribution is -0.0440. The summed E-state index contributed by atoms with van der Waals surface area (Å²) in [5, 5.41) is 3.90. The molecule has 1 aromatic heterocycles. The Morgan fingerprint density at radius 3 is 2.57 bits per heavy atom. The molecule has 8 nitrogen and oxygen atoms in total. The Balaban J connectivity index is 2.00. The van der Waals surface area contributed by atoms with E-state index in [0.717, 1.165) is 5.69 Å². The maximum atomic E-state index is 12.7. The van der Waals surface area contributed by atoms with Crippen LogP contribution in [0.5, 0.6) is 0 Å². The van der Waals surface area contributed by atoms with E-state index in [2.05, 4.69) is 10.3 Å². The number of nitrogens with zero attached hydrogens (tertiary/aromatic N) is 4. The minimum Gasteiger partial charge on any atom is -0.373 e. The van der Waals surface area contributed by atoms with Gasteiger partial charge in [0.05, 0.1) is 36.1 Å². The van der Waals surface area contributed by atoms with Crippen molar-refractivity contribution in [2.75, 3.05) is 39.0 Å². The molecule has 2 atom stereocenters. The Hall–Kier alpha value is -1.29. The largest absolute Gasteiger partial charge is 0.373 e. The molecule has 0 amide bonds. The zero-order valence-electron chi connectivity index (χ0n) is 17.4. The van der Waals surface area contributed by atoms with E-state index in [1.165, 1.54) is 4.31 Å². The normalized spacial score (nSPS) is 21.7. The number of morpholine rings is 1. The van der Waals surface area contributed by atoms with Crippen LogP contribution < -0.4 is 5.32 Å². The zero-order valence-corrected chi connectivity index (χ0v) is 18.9. The smallest absolute Gasteiger partial charge is 0.216 e. The van der Waals surface area contributed by atoms with Crippen molar-refractivity contribution in [1.82, 2.24) is 19.1 Å². The molecule has 2 heterocycles. The summed E-state index contributed by atoms with van der Waals surface area (Å²) in [5.41, 5.74) is 1.04. The summed E-state index contributed by atoms with van der Waals surface area (Å²) in [7, 11) is 0.490. The zero-order chi connectivity index (χ0) is 20.9. The SMILES string of the molecule is CCNC(=NCCS(=O)(=O)N1CC(C)OC(C)C1)N(C)Cc1cc(Cl)cn1C. The van der Waals surface area contributed by atoms with Crippen molar-refractivity contribution in [2.45, 2.75) is 39.5 Å². The molecule has 0 radical (unpaired) electrons. The molecule has 0 spiro atoms. The molecule has 2 unspecified atom stereocenters. The van der Waals surface area contributed by atoms with Crippen molar-refractivity contribution in [2.24, 2.45) is 12.0 Å². The fourth-order valence-electron chi connectivity index (χ4n) is 3.26. The van der Waals surface area contributed by atoms with Crippen LogP contribution in [-0.4, -0.2) is 79.3 Å². The average Bonchev–Trinajstić information content (AvgIpc) is 2.90. The molecule has 1 aliphatic heterocycles. The highest BCUT2D eigenvalue weighted by Crippen LogP contribution is 2.16. The van der Waals surface area contributed by atoms with Crippen LogP contribution in [0.25, 0.3) is 0 Å². The molecule has 1 fully saturated rings. The van der Waals surface area contributed by atoms with Crippen molar-refractivity contribution >= 4 is 27.6 Å². The van der Waals surface area contributed by atoms with E-state index in [4.69, 9.17) is 16.3 Å². The van der Waals surface area contributed by atoms with E-state index in [0.29, 0.717) is 37.2 Å². The molecule has 160 valence electrons. The van der Waals surface area contributed by atoms with Gasteiger partial charge in [0.1, 0.15) is 0 Å². The first kappa shape index (κ1) is 23.0. The fraction of sp³-hybridized carbons (Fsp3) is 0.722. The summed E-state index contributed by atoms with van der Waals surface area (Å²) in [6.07, 6.45) is 1.66. The van der Waals surface area contributed by atoms with E-state index in [9.17, 15) is 8.42 Å². The van der Waals surface area contributed by atoms with Gasteiger partial charge in [-0.15, -0.1) is 0 Å². The summed E-state index contributed by atoms with van der Waals surface area (Å²) in [6, 6.07) is 1.91. The number of hydrogen-bond donors (Lipinski definition) is 1. The van der Waals surface area contributed by atoms with E-state index < -0.39 is 10.0 Å². The molecule has 1 N–H and O–H groups in total. The Morgan fingerprint density at radius 1 is 1.39 bits per heavy atom. The molecule has 10 heteroatoms. The highest BCUT2D eigenvalue weighted by molar-refractivity contribution is 7.89.